The van der Waals surface area contributed by atoms with Gasteiger partial charge in [-0.15, -0.1) is 0 Å². The molecule has 0 radical (unpaired) electrons. The number of halogens is 6. The summed E-state index contributed by atoms with van der Waals surface area (Å²) in [4.78, 5) is 6.46. The second kappa shape index (κ2) is 6.72. The van der Waals surface area contributed by atoms with Crippen LogP contribution in [0.25, 0.3) is 16.6 Å². The molecule has 1 N–H and O–H groups in total. The number of aromatic amines is 1. The summed E-state index contributed by atoms with van der Waals surface area (Å²) in [7, 11) is 0. The number of nitrogens with zero attached hydrogens (tertiary/aromatic N) is 1. The van der Waals surface area contributed by atoms with Crippen LogP contribution in [0, 0.1) is 5.92 Å². The van der Waals surface area contributed by atoms with E-state index in [2.05, 4.69) is 16.5 Å². The predicted octanol–water partition coefficient (Wildman–Crippen LogP) is 6.44. The fraction of sp³-hybridized carbons (Fsp3) is 0.471. The molecule has 8 heteroatoms. The lowest BCUT2D eigenvalue weighted by Crippen LogP contribution is -2.11. The van der Waals surface area contributed by atoms with Crippen LogP contribution in [-0.2, 0) is 12.4 Å². The molecule has 0 amide bonds. The van der Waals surface area contributed by atoms with Crippen molar-refractivity contribution in [2.24, 2.45) is 5.92 Å². The molecule has 0 saturated carbocycles. The van der Waals surface area contributed by atoms with Crippen LogP contribution in [0.1, 0.15) is 50.1 Å². The monoisotopic (exact) mass is 364 g/mol. The standard InChI is InChI=1S/C17H18F6N2/c1-4-5-6-9(2)10(3)15-24-13-8-11(16(18,19)20)7-12(14(13)25-15)17(21,22)23/h7-9H,3-6H2,1-2H3,(H,24,25). The minimum absolute atomic E-state index is 0.0445. The smallest absolute Gasteiger partial charge is 0.338 e. The van der Waals surface area contributed by atoms with Gasteiger partial charge in [0.05, 0.1) is 16.6 Å². The first-order chi connectivity index (χ1) is 11.4. The molecular weight excluding hydrogens is 346 g/mol. The lowest BCUT2D eigenvalue weighted by molar-refractivity contribution is -0.142. The molecule has 138 valence electrons. The molecule has 2 rings (SSSR count). The number of benzene rings is 1. The molecule has 0 saturated heterocycles. The maximum Gasteiger partial charge on any atom is 0.418 e. The predicted molar refractivity (Wildman–Crippen MR) is 83.8 cm³/mol. The molecule has 0 aliphatic rings. The Hall–Kier alpha value is -1.99. The van der Waals surface area contributed by atoms with Gasteiger partial charge in [0.1, 0.15) is 11.3 Å². The van der Waals surface area contributed by atoms with Crippen molar-refractivity contribution in [3.8, 4) is 0 Å². The zero-order chi connectivity index (χ0) is 19.0. The van der Waals surface area contributed by atoms with E-state index in [4.69, 9.17) is 0 Å². The van der Waals surface area contributed by atoms with Gasteiger partial charge in [0.15, 0.2) is 0 Å². The highest BCUT2D eigenvalue weighted by Gasteiger charge is 2.39. The van der Waals surface area contributed by atoms with Crippen molar-refractivity contribution in [1.82, 2.24) is 9.97 Å². The van der Waals surface area contributed by atoms with E-state index in [9.17, 15) is 26.3 Å². The summed E-state index contributed by atoms with van der Waals surface area (Å²) in [5.41, 5.74) is -3.13. The Labute approximate surface area is 140 Å². The number of fused-ring (bicyclic) bond motifs is 1. The molecular formula is C17H18F6N2. The fourth-order valence-corrected chi connectivity index (χ4v) is 2.57. The molecule has 25 heavy (non-hydrogen) atoms. The van der Waals surface area contributed by atoms with E-state index in [0.717, 1.165) is 19.3 Å². The minimum Gasteiger partial charge on any atom is -0.338 e. The molecule has 1 atom stereocenters. The summed E-state index contributed by atoms with van der Waals surface area (Å²) in [5.74, 6) is 0.0420. The molecule has 1 aromatic heterocycles. The molecule has 0 spiro atoms. The molecule has 0 fully saturated rings. The van der Waals surface area contributed by atoms with E-state index in [1.165, 1.54) is 0 Å². The van der Waals surface area contributed by atoms with Gasteiger partial charge in [-0.05, 0) is 30.0 Å². The molecule has 1 aromatic carbocycles. The van der Waals surface area contributed by atoms with Gasteiger partial charge in [-0.25, -0.2) is 4.98 Å². The van der Waals surface area contributed by atoms with Gasteiger partial charge in [-0.1, -0.05) is 33.3 Å². The number of hydrogen-bond donors (Lipinski definition) is 1. The molecule has 1 heterocycles. The number of unbranched alkanes of at least 4 members (excludes halogenated alkanes) is 1. The third-order valence-corrected chi connectivity index (χ3v) is 4.11. The van der Waals surface area contributed by atoms with Gasteiger partial charge in [-0.2, -0.15) is 26.3 Å². The van der Waals surface area contributed by atoms with Gasteiger partial charge < -0.3 is 4.98 Å². The minimum atomic E-state index is -4.94. The zero-order valence-electron chi connectivity index (χ0n) is 13.8. The van der Waals surface area contributed by atoms with Crippen LogP contribution in [0.2, 0.25) is 0 Å². The van der Waals surface area contributed by atoms with E-state index >= 15 is 0 Å². The Morgan fingerprint density at radius 1 is 1.16 bits per heavy atom. The normalized spacial score (nSPS) is 14.1. The van der Waals surface area contributed by atoms with Crippen LogP contribution in [0.3, 0.4) is 0 Å². The second-order valence-corrected chi connectivity index (χ2v) is 6.07. The molecule has 1 unspecified atom stereocenters. The number of H-pyrrole nitrogens is 1. The Bertz CT molecular complexity index is 770. The van der Waals surface area contributed by atoms with E-state index in [1.807, 2.05) is 13.8 Å². The third-order valence-electron chi connectivity index (χ3n) is 4.11. The van der Waals surface area contributed by atoms with Gasteiger partial charge in [-0.3, -0.25) is 0 Å². The Morgan fingerprint density at radius 2 is 1.80 bits per heavy atom. The maximum atomic E-state index is 13.2. The van der Waals surface area contributed by atoms with Crippen LogP contribution in [0.5, 0.6) is 0 Å². The van der Waals surface area contributed by atoms with Crippen LogP contribution >= 0.6 is 0 Å². The Morgan fingerprint density at radius 3 is 2.32 bits per heavy atom. The number of imidazole rings is 1. The highest BCUT2D eigenvalue weighted by molar-refractivity contribution is 5.83. The molecule has 0 aliphatic heterocycles. The average molecular weight is 364 g/mol. The Kier molecular flexibility index (Phi) is 5.20. The molecule has 0 aliphatic carbocycles. The highest BCUT2D eigenvalue weighted by atomic mass is 19.4. The van der Waals surface area contributed by atoms with Crippen molar-refractivity contribution in [2.75, 3.05) is 0 Å². The van der Waals surface area contributed by atoms with Gasteiger partial charge in [0, 0.05) is 0 Å². The summed E-state index contributed by atoms with van der Waals surface area (Å²) in [5, 5.41) is 0. The van der Waals surface area contributed by atoms with Crippen molar-refractivity contribution in [1.29, 1.82) is 0 Å². The van der Waals surface area contributed by atoms with Gasteiger partial charge in [0.25, 0.3) is 0 Å². The lowest BCUT2D eigenvalue weighted by Gasteiger charge is -2.12. The summed E-state index contributed by atoms with van der Waals surface area (Å²) in [6, 6.07) is 0.737. The first-order valence-electron chi connectivity index (χ1n) is 7.82. The lowest BCUT2D eigenvalue weighted by atomic mass is 9.96. The number of alkyl halides is 6. The second-order valence-electron chi connectivity index (χ2n) is 6.07. The van der Waals surface area contributed by atoms with Crippen molar-refractivity contribution < 1.29 is 26.3 Å². The molecule has 0 bridgehead atoms. The fourth-order valence-electron chi connectivity index (χ4n) is 2.57. The number of hydrogen-bond acceptors (Lipinski definition) is 1. The van der Waals surface area contributed by atoms with Crippen molar-refractivity contribution >= 4 is 16.6 Å². The molecule has 2 nitrogen and oxygen atoms in total. The van der Waals surface area contributed by atoms with Crippen LogP contribution in [0.4, 0.5) is 26.3 Å². The van der Waals surface area contributed by atoms with Gasteiger partial charge >= 0.3 is 12.4 Å². The van der Waals surface area contributed by atoms with Crippen molar-refractivity contribution in [3.05, 3.63) is 35.7 Å². The summed E-state index contributed by atoms with van der Waals surface area (Å²) in [6.45, 7) is 7.70. The summed E-state index contributed by atoms with van der Waals surface area (Å²) < 4.78 is 78.2. The number of nitrogens with one attached hydrogen (secondary N) is 1. The number of aromatic nitrogens is 2. The largest absolute Gasteiger partial charge is 0.418 e. The topological polar surface area (TPSA) is 28.7 Å². The zero-order valence-corrected chi connectivity index (χ0v) is 13.8. The number of allylic oxidation sites excluding steroid dienone is 1. The van der Waals surface area contributed by atoms with Gasteiger partial charge in [0.2, 0.25) is 0 Å². The highest BCUT2D eigenvalue weighted by Crippen LogP contribution is 2.40. The first kappa shape index (κ1) is 19.3. The van der Waals surface area contributed by atoms with E-state index in [0.29, 0.717) is 11.6 Å². The van der Waals surface area contributed by atoms with Crippen molar-refractivity contribution in [3.63, 3.8) is 0 Å². The van der Waals surface area contributed by atoms with Crippen LogP contribution in [-0.4, -0.2) is 9.97 Å². The third kappa shape index (κ3) is 4.16. The first-order valence-corrected chi connectivity index (χ1v) is 7.82. The van der Waals surface area contributed by atoms with Crippen LogP contribution in [0.15, 0.2) is 18.7 Å². The number of rotatable bonds is 5. The van der Waals surface area contributed by atoms with E-state index in [-0.39, 0.29) is 23.3 Å². The summed E-state index contributed by atoms with van der Waals surface area (Å²) >= 11 is 0. The Balaban J connectivity index is 2.56. The molecule has 2 aromatic rings. The van der Waals surface area contributed by atoms with E-state index < -0.39 is 29.0 Å². The maximum absolute atomic E-state index is 13.2. The van der Waals surface area contributed by atoms with Crippen molar-refractivity contribution in [2.45, 2.75) is 45.5 Å². The van der Waals surface area contributed by atoms with E-state index in [1.54, 1.807) is 0 Å². The SMILES string of the molecule is C=C(c1nc2c(C(F)(F)F)cc(C(F)(F)F)cc2[nH]1)C(C)CCCC. The van der Waals surface area contributed by atoms with Crippen LogP contribution < -0.4 is 0 Å². The average Bonchev–Trinajstić information content (AvgIpc) is 2.92. The summed E-state index contributed by atoms with van der Waals surface area (Å²) in [6.07, 6.45) is -7.20. The quantitative estimate of drug-likeness (QED) is 0.608.